The van der Waals surface area contributed by atoms with Gasteiger partial charge in [-0.3, -0.25) is 0 Å². The maximum absolute atomic E-state index is 3.59. The highest BCUT2D eigenvalue weighted by Crippen LogP contribution is 2.33. The fraction of sp³-hybridized carbons (Fsp3) is 0.273. The molecular weight excluding hydrogens is 212 g/mol. The second kappa shape index (κ2) is 2.74. The van der Waals surface area contributed by atoms with E-state index in [1.54, 1.807) is 0 Å². The zero-order valence-corrected chi connectivity index (χ0v) is 8.90. The number of fused-ring (bicyclic) bond motifs is 1. The van der Waals surface area contributed by atoms with Crippen molar-refractivity contribution in [3.63, 3.8) is 0 Å². The molecule has 1 aliphatic carbocycles. The molecule has 0 aliphatic heterocycles. The summed E-state index contributed by atoms with van der Waals surface area (Å²) in [5.41, 5.74) is 5.60. The Labute approximate surface area is 81.4 Å². The Kier molecular flexibility index (Phi) is 1.84. The van der Waals surface area contributed by atoms with Crippen LogP contribution < -0.4 is 0 Å². The van der Waals surface area contributed by atoms with E-state index in [0.717, 1.165) is 6.42 Å². The fourth-order valence-electron chi connectivity index (χ4n) is 1.70. The smallest absolute Gasteiger partial charge is 0.0219 e. The average molecular weight is 223 g/mol. The zero-order valence-electron chi connectivity index (χ0n) is 7.32. The highest BCUT2D eigenvalue weighted by molar-refractivity contribution is 9.10. The summed E-state index contributed by atoms with van der Waals surface area (Å²) in [5, 5.41) is 0. The molecule has 12 heavy (non-hydrogen) atoms. The van der Waals surface area contributed by atoms with Gasteiger partial charge < -0.3 is 0 Å². The van der Waals surface area contributed by atoms with Crippen LogP contribution in [0.15, 0.2) is 22.7 Å². The van der Waals surface area contributed by atoms with Crippen molar-refractivity contribution in [1.82, 2.24) is 0 Å². The number of rotatable bonds is 0. The van der Waals surface area contributed by atoms with Gasteiger partial charge in [-0.1, -0.05) is 28.1 Å². The Morgan fingerprint density at radius 3 is 2.75 bits per heavy atom. The van der Waals surface area contributed by atoms with E-state index >= 15 is 0 Å². The lowest BCUT2D eigenvalue weighted by Crippen LogP contribution is -1.86. The average Bonchev–Trinajstić information content (AvgIpc) is 2.33. The minimum Gasteiger partial charge on any atom is -0.0765 e. The van der Waals surface area contributed by atoms with E-state index in [9.17, 15) is 0 Å². The molecule has 0 fully saturated rings. The molecule has 1 aliphatic rings. The van der Waals surface area contributed by atoms with Crippen molar-refractivity contribution in [2.24, 2.45) is 0 Å². The van der Waals surface area contributed by atoms with Gasteiger partial charge in [0.25, 0.3) is 0 Å². The van der Waals surface area contributed by atoms with Gasteiger partial charge in [-0.25, -0.2) is 0 Å². The minimum absolute atomic E-state index is 1.09. The zero-order chi connectivity index (χ0) is 8.72. The van der Waals surface area contributed by atoms with Crippen LogP contribution >= 0.6 is 15.9 Å². The van der Waals surface area contributed by atoms with E-state index in [4.69, 9.17) is 0 Å². The molecule has 2 rings (SSSR count). The van der Waals surface area contributed by atoms with E-state index in [1.807, 2.05) is 0 Å². The van der Waals surface area contributed by atoms with Crippen molar-refractivity contribution < 1.29 is 0 Å². The summed E-state index contributed by atoms with van der Waals surface area (Å²) in [5.74, 6) is 0. The van der Waals surface area contributed by atoms with Gasteiger partial charge in [-0.05, 0) is 48.6 Å². The topological polar surface area (TPSA) is 0 Å². The van der Waals surface area contributed by atoms with E-state index in [2.05, 4.69) is 48.0 Å². The quantitative estimate of drug-likeness (QED) is 0.628. The van der Waals surface area contributed by atoms with Gasteiger partial charge in [-0.2, -0.15) is 0 Å². The molecule has 1 aromatic carbocycles. The molecule has 0 heterocycles. The number of allylic oxidation sites excluding steroid dienone is 2. The van der Waals surface area contributed by atoms with E-state index in [-0.39, 0.29) is 0 Å². The molecule has 0 nitrogen and oxygen atoms in total. The van der Waals surface area contributed by atoms with Crippen LogP contribution in [0.25, 0.3) is 5.57 Å². The van der Waals surface area contributed by atoms with Gasteiger partial charge in [0.1, 0.15) is 0 Å². The highest BCUT2D eigenvalue weighted by atomic mass is 79.9. The number of hydrogen-bond donors (Lipinski definition) is 0. The summed E-state index contributed by atoms with van der Waals surface area (Å²) < 4.78 is 1.26. The highest BCUT2D eigenvalue weighted by Gasteiger charge is 2.13. The second-order valence-corrected chi connectivity index (χ2v) is 4.22. The molecule has 0 spiro atoms. The van der Waals surface area contributed by atoms with Crippen LogP contribution in [-0.4, -0.2) is 0 Å². The van der Waals surface area contributed by atoms with Crippen molar-refractivity contribution in [1.29, 1.82) is 0 Å². The van der Waals surface area contributed by atoms with E-state index in [0.29, 0.717) is 0 Å². The van der Waals surface area contributed by atoms with Crippen molar-refractivity contribution in [3.05, 3.63) is 39.4 Å². The summed E-state index contributed by atoms with van der Waals surface area (Å²) in [6.07, 6.45) is 3.37. The molecule has 0 saturated heterocycles. The van der Waals surface area contributed by atoms with Crippen LogP contribution in [0.2, 0.25) is 0 Å². The van der Waals surface area contributed by atoms with Crippen LogP contribution in [0.1, 0.15) is 23.6 Å². The number of hydrogen-bond acceptors (Lipinski definition) is 0. The van der Waals surface area contributed by atoms with Gasteiger partial charge in [0.15, 0.2) is 0 Å². The Hall–Kier alpha value is -0.560. The van der Waals surface area contributed by atoms with Crippen LogP contribution in [0, 0.1) is 6.92 Å². The molecule has 62 valence electrons. The molecule has 0 saturated carbocycles. The van der Waals surface area contributed by atoms with Crippen LogP contribution in [0.5, 0.6) is 0 Å². The molecule has 0 radical (unpaired) electrons. The van der Waals surface area contributed by atoms with Crippen LogP contribution in [-0.2, 0) is 6.42 Å². The molecule has 0 unspecified atom stereocenters. The summed E-state index contributed by atoms with van der Waals surface area (Å²) in [4.78, 5) is 0. The maximum Gasteiger partial charge on any atom is 0.0219 e. The summed E-state index contributed by atoms with van der Waals surface area (Å²) >= 11 is 3.59. The lowest BCUT2D eigenvalue weighted by molar-refractivity contribution is 1.27. The van der Waals surface area contributed by atoms with Gasteiger partial charge in [-0.15, -0.1) is 0 Å². The SMILES string of the molecule is CC1=CCc2c(Br)cc(C)cc21. The van der Waals surface area contributed by atoms with Gasteiger partial charge in [0.05, 0.1) is 0 Å². The lowest BCUT2D eigenvalue weighted by atomic mass is 10.0. The first kappa shape index (κ1) is 8.06. The van der Waals surface area contributed by atoms with Crippen LogP contribution in [0.4, 0.5) is 0 Å². The Morgan fingerprint density at radius 2 is 2.00 bits per heavy atom. The molecular formula is C11H11Br. The molecule has 1 heteroatoms. The summed E-state index contributed by atoms with van der Waals surface area (Å²) in [6, 6.07) is 4.45. The largest absolute Gasteiger partial charge is 0.0765 e. The standard InChI is InChI=1S/C11H11Br/c1-7-5-10-8(2)3-4-9(10)11(12)6-7/h3,5-6H,4H2,1-2H3. The maximum atomic E-state index is 3.59. The van der Waals surface area contributed by atoms with E-state index in [1.165, 1.54) is 26.7 Å². The first-order chi connectivity index (χ1) is 5.68. The molecule has 1 aromatic rings. The first-order valence-electron chi connectivity index (χ1n) is 4.14. The monoisotopic (exact) mass is 222 g/mol. The lowest BCUT2D eigenvalue weighted by Gasteiger charge is -2.05. The predicted molar refractivity (Wildman–Crippen MR) is 56.2 cm³/mol. The number of halogens is 1. The minimum atomic E-state index is 1.09. The third-order valence-electron chi connectivity index (χ3n) is 2.38. The summed E-state index contributed by atoms with van der Waals surface area (Å²) in [7, 11) is 0. The normalized spacial score (nSPS) is 14.4. The van der Waals surface area contributed by atoms with E-state index < -0.39 is 0 Å². The van der Waals surface area contributed by atoms with Crippen LogP contribution in [0.3, 0.4) is 0 Å². The first-order valence-corrected chi connectivity index (χ1v) is 4.94. The molecule has 0 aromatic heterocycles. The summed E-state index contributed by atoms with van der Waals surface area (Å²) in [6.45, 7) is 4.31. The second-order valence-electron chi connectivity index (χ2n) is 3.36. The van der Waals surface area contributed by atoms with Gasteiger partial charge in [0.2, 0.25) is 0 Å². The molecule has 0 amide bonds. The van der Waals surface area contributed by atoms with Gasteiger partial charge >= 0.3 is 0 Å². The van der Waals surface area contributed by atoms with Crippen molar-refractivity contribution in [2.75, 3.05) is 0 Å². The third-order valence-corrected chi connectivity index (χ3v) is 3.08. The molecule has 0 N–H and O–H groups in total. The molecule has 0 bridgehead atoms. The Bertz CT molecular complexity index is 362. The fourth-order valence-corrected chi connectivity index (χ4v) is 2.43. The van der Waals surface area contributed by atoms with Crippen molar-refractivity contribution in [2.45, 2.75) is 20.3 Å². The molecule has 0 atom stereocenters. The predicted octanol–water partition coefficient (Wildman–Crippen LogP) is 3.72. The Morgan fingerprint density at radius 1 is 1.25 bits per heavy atom. The Balaban J connectivity index is 2.67. The third kappa shape index (κ3) is 1.13. The van der Waals surface area contributed by atoms with Gasteiger partial charge in [0, 0.05) is 4.47 Å². The number of aryl methyl sites for hydroxylation is 1. The van der Waals surface area contributed by atoms with Crippen molar-refractivity contribution in [3.8, 4) is 0 Å². The number of benzene rings is 1. The van der Waals surface area contributed by atoms with Crippen molar-refractivity contribution >= 4 is 21.5 Å².